The number of allylic oxidation sites excluding steroid dienone is 1. The lowest BCUT2D eigenvalue weighted by atomic mass is 10.0. The van der Waals surface area contributed by atoms with Gasteiger partial charge in [-0.25, -0.2) is 4.99 Å². The van der Waals surface area contributed by atoms with E-state index in [1.807, 2.05) is 25.4 Å². The second kappa shape index (κ2) is 6.65. The van der Waals surface area contributed by atoms with Crippen LogP contribution >= 0.6 is 0 Å². The summed E-state index contributed by atoms with van der Waals surface area (Å²) in [7, 11) is 3.75. The Labute approximate surface area is 136 Å². The van der Waals surface area contributed by atoms with Gasteiger partial charge in [0.05, 0.1) is 18.3 Å². The lowest BCUT2D eigenvalue weighted by Crippen LogP contribution is -2.20. The number of hydrogen-bond acceptors (Lipinski definition) is 4. The molecule has 0 radical (unpaired) electrons. The Bertz CT molecular complexity index is 806. The highest BCUT2D eigenvalue weighted by molar-refractivity contribution is 5.97. The zero-order valence-electron chi connectivity index (χ0n) is 13.8. The third kappa shape index (κ3) is 3.11. The van der Waals surface area contributed by atoms with E-state index in [4.69, 9.17) is 4.74 Å². The molecule has 0 fully saturated rings. The van der Waals surface area contributed by atoms with E-state index in [9.17, 15) is 0 Å². The topological polar surface area (TPSA) is 37.7 Å². The first kappa shape index (κ1) is 15.3. The molecule has 1 aromatic heterocycles. The Morgan fingerprint density at radius 3 is 3.09 bits per heavy atom. The largest absolute Gasteiger partial charge is 0.481 e. The first-order chi connectivity index (χ1) is 11.2. The predicted octanol–water partition coefficient (Wildman–Crippen LogP) is 3.82. The number of rotatable bonds is 4. The highest BCUT2D eigenvalue weighted by Gasteiger charge is 2.14. The van der Waals surface area contributed by atoms with Gasteiger partial charge >= 0.3 is 0 Å². The van der Waals surface area contributed by atoms with Gasteiger partial charge in [-0.05, 0) is 30.7 Å². The molecule has 118 valence electrons. The minimum atomic E-state index is 0.634. The molecule has 0 spiro atoms. The summed E-state index contributed by atoms with van der Waals surface area (Å²) in [5, 5.41) is 1.19. The summed E-state index contributed by atoms with van der Waals surface area (Å²) in [6.07, 6.45) is 10.7. The van der Waals surface area contributed by atoms with Gasteiger partial charge < -0.3 is 9.64 Å². The van der Waals surface area contributed by atoms with Crippen molar-refractivity contribution in [3.8, 4) is 0 Å². The van der Waals surface area contributed by atoms with Gasteiger partial charge in [0, 0.05) is 43.4 Å². The highest BCUT2D eigenvalue weighted by atomic mass is 16.5. The van der Waals surface area contributed by atoms with E-state index < -0.39 is 0 Å². The maximum Gasteiger partial charge on any atom is 0.208 e. The number of nitrogens with zero attached hydrogens (tertiary/aromatic N) is 3. The summed E-state index contributed by atoms with van der Waals surface area (Å²) in [6, 6.07) is 6.40. The van der Waals surface area contributed by atoms with Gasteiger partial charge in [-0.15, -0.1) is 0 Å². The van der Waals surface area contributed by atoms with Gasteiger partial charge in [-0.2, -0.15) is 0 Å². The molecular weight excluding hydrogens is 286 g/mol. The summed E-state index contributed by atoms with van der Waals surface area (Å²) >= 11 is 0. The van der Waals surface area contributed by atoms with Crippen molar-refractivity contribution in [2.75, 3.05) is 25.6 Å². The van der Waals surface area contributed by atoms with E-state index in [0.29, 0.717) is 5.88 Å². The lowest BCUT2D eigenvalue weighted by molar-refractivity contribution is 0.288. The number of aliphatic imine (C=N–C) groups is 1. The van der Waals surface area contributed by atoms with Crippen molar-refractivity contribution in [3.05, 3.63) is 53.6 Å². The average Bonchev–Trinajstić information content (AvgIpc) is 2.58. The molecule has 1 aliphatic heterocycles. The van der Waals surface area contributed by atoms with Crippen molar-refractivity contribution < 1.29 is 4.74 Å². The van der Waals surface area contributed by atoms with Crippen LogP contribution in [0.25, 0.3) is 17.0 Å². The van der Waals surface area contributed by atoms with Crippen molar-refractivity contribution in [1.29, 1.82) is 0 Å². The molecule has 4 heteroatoms. The Balaban J connectivity index is 1.95. The van der Waals surface area contributed by atoms with Crippen LogP contribution in [0.4, 0.5) is 5.69 Å². The molecule has 1 aromatic carbocycles. The molecule has 0 atom stereocenters. The third-order valence-electron chi connectivity index (χ3n) is 3.99. The zero-order valence-corrected chi connectivity index (χ0v) is 13.8. The summed E-state index contributed by atoms with van der Waals surface area (Å²) in [5.74, 6) is 0.634. The van der Waals surface area contributed by atoms with Gasteiger partial charge in [-0.1, -0.05) is 18.2 Å². The number of anilines is 1. The second-order valence-electron chi connectivity index (χ2n) is 5.54. The summed E-state index contributed by atoms with van der Waals surface area (Å²) in [6.45, 7) is 2.84. The van der Waals surface area contributed by atoms with Crippen LogP contribution in [0, 0.1) is 0 Å². The minimum Gasteiger partial charge on any atom is -0.481 e. The normalized spacial score (nSPS) is 14.6. The molecule has 2 heterocycles. The summed E-state index contributed by atoms with van der Waals surface area (Å²) < 4.78 is 5.14. The Morgan fingerprint density at radius 1 is 1.43 bits per heavy atom. The summed E-state index contributed by atoms with van der Waals surface area (Å²) in [5.41, 5.74) is 4.67. The van der Waals surface area contributed by atoms with Crippen LogP contribution in [0.1, 0.15) is 18.1 Å². The number of aromatic nitrogens is 1. The number of benzene rings is 1. The second-order valence-corrected chi connectivity index (χ2v) is 5.54. The molecular formula is C19H21N3O. The van der Waals surface area contributed by atoms with Crippen molar-refractivity contribution in [2.45, 2.75) is 13.3 Å². The van der Waals surface area contributed by atoms with E-state index in [2.05, 4.69) is 52.3 Å². The van der Waals surface area contributed by atoms with Gasteiger partial charge in [0.25, 0.3) is 0 Å². The van der Waals surface area contributed by atoms with Gasteiger partial charge in [0.15, 0.2) is 0 Å². The monoisotopic (exact) mass is 307 g/mol. The fourth-order valence-corrected chi connectivity index (χ4v) is 2.83. The molecule has 23 heavy (non-hydrogen) atoms. The van der Waals surface area contributed by atoms with Gasteiger partial charge in [0.2, 0.25) is 5.88 Å². The number of likely N-dealkylation sites (N-methyl/N-ethyl adjacent to an activating group) is 1. The quantitative estimate of drug-likeness (QED) is 0.636. The van der Waals surface area contributed by atoms with Crippen molar-refractivity contribution in [3.63, 3.8) is 0 Å². The number of ether oxygens (including phenoxy) is 1. The Kier molecular flexibility index (Phi) is 4.42. The maximum absolute atomic E-state index is 5.14. The van der Waals surface area contributed by atoms with Crippen LogP contribution in [0.15, 0.2) is 47.4 Å². The molecule has 4 nitrogen and oxygen atoms in total. The zero-order chi connectivity index (χ0) is 16.2. The number of fused-ring (bicyclic) bond motifs is 3. The molecule has 0 saturated heterocycles. The number of hydrogen-bond donors (Lipinski definition) is 0. The van der Waals surface area contributed by atoms with E-state index >= 15 is 0 Å². The SMILES string of the molecule is C/C=C(\N=C/Cc1ccc2ncc3c(c2c1)N(C)CC=C3)OC. The molecule has 0 aliphatic carbocycles. The van der Waals surface area contributed by atoms with Crippen LogP contribution in [0.3, 0.4) is 0 Å². The van der Waals surface area contributed by atoms with Crippen molar-refractivity contribution in [1.82, 2.24) is 4.98 Å². The highest BCUT2D eigenvalue weighted by Crippen LogP contribution is 2.32. The smallest absolute Gasteiger partial charge is 0.208 e. The average molecular weight is 307 g/mol. The first-order valence-corrected chi connectivity index (χ1v) is 7.75. The first-order valence-electron chi connectivity index (χ1n) is 7.75. The predicted molar refractivity (Wildman–Crippen MR) is 97.0 cm³/mol. The molecule has 1 aliphatic rings. The van der Waals surface area contributed by atoms with Crippen LogP contribution in [-0.4, -0.2) is 31.9 Å². The molecule has 0 N–H and O–H groups in total. The molecule has 0 amide bonds. The maximum atomic E-state index is 5.14. The molecule has 0 bridgehead atoms. The Hall–Kier alpha value is -2.62. The van der Waals surface area contributed by atoms with Crippen LogP contribution in [-0.2, 0) is 11.2 Å². The standard InChI is InChI=1S/C19H21N3O/c1-4-18(23-3)20-10-9-14-7-8-17-16(12-14)19-15(13-21-17)6-5-11-22(19)2/h4-8,10,12-13H,9,11H2,1-3H3/b18-4+,20-10-. The number of methoxy groups -OCH3 is 1. The fourth-order valence-electron chi connectivity index (χ4n) is 2.83. The minimum absolute atomic E-state index is 0.634. The van der Waals surface area contributed by atoms with Crippen molar-refractivity contribution >= 4 is 28.9 Å². The molecule has 3 rings (SSSR count). The van der Waals surface area contributed by atoms with Crippen LogP contribution < -0.4 is 4.90 Å². The molecule has 0 unspecified atom stereocenters. The summed E-state index contributed by atoms with van der Waals surface area (Å²) in [4.78, 5) is 11.1. The molecule has 0 saturated carbocycles. The van der Waals surface area contributed by atoms with Gasteiger partial charge in [0.1, 0.15) is 0 Å². The van der Waals surface area contributed by atoms with E-state index in [0.717, 1.165) is 18.5 Å². The van der Waals surface area contributed by atoms with Gasteiger partial charge in [-0.3, -0.25) is 4.98 Å². The fraction of sp³-hybridized carbons (Fsp3) is 0.263. The van der Waals surface area contributed by atoms with E-state index in [-0.39, 0.29) is 0 Å². The van der Waals surface area contributed by atoms with Crippen LogP contribution in [0.5, 0.6) is 0 Å². The Morgan fingerprint density at radius 2 is 2.30 bits per heavy atom. The van der Waals surface area contributed by atoms with E-state index in [1.165, 1.54) is 22.2 Å². The number of pyridine rings is 1. The lowest BCUT2D eigenvalue weighted by Gasteiger charge is -2.25. The van der Waals surface area contributed by atoms with E-state index in [1.54, 1.807) is 7.11 Å². The van der Waals surface area contributed by atoms with Crippen LogP contribution in [0.2, 0.25) is 0 Å². The van der Waals surface area contributed by atoms with Crippen molar-refractivity contribution in [2.24, 2.45) is 4.99 Å². The third-order valence-corrected chi connectivity index (χ3v) is 3.99. The molecule has 2 aromatic rings.